The Balaban J connectivity index is 3.54. The molecular weight excluding hydrogens is 298 g/mol. The first-order valence-corrected chi connectivity index (χ1v) is 7.64. The fourth-order valence-electron chi connectivity index (χ4n) is 1.41. The van der Waals surface area contributed by atoms with Crippen LogP contribution in [0.3, 0.4) is 0 Å². The van der Waals surface area contributed by atoms with E-state index in [4.69, 9.17) is 20.2 Å². The third-order valence-corrected chi connectivity index (χ3v) is 3.44. The Kier molecular flexibility index (Phi) is 4.96. The fourth-order valence-corrected chi connectivity index (χ4v) is 2.41. The molecule has 0 saturated heterocycles. The molecule has 0 aliphatic heterocycles. The molecule has 7 nitrogen and oxygen atoms in total. The first-order chi connectivity index (χ1) is 8.81. The Morgan fingerprint density at radius 3 is 2.05 bits per heavy atom. The van der Waals surface area contributed by atoms with Gasteiger partial charge < -0.3 is 9.47 Å². The maximum absolute atomic E-state index is 11.3. The van der Waals surface area contributed by atoms with Crippen LogP contribution in [0.2, 0.25) is 0 Å². The number of rotatable bonds is 6. The van der Waals surface area contributed by atoms with E-state index in [0.29, 0.717) is 0 Å². The van der Waals surface area contributed by atoms with Crippen LogP contribution in [0.5, 0.6) is 11.5 Å². The molecule has 0 spiro atoms. The molecule has 0 amide bonds. The van der Waals surface area contributed by atoms with Crippen molar-refractivity contribution in [2.45, 2.75) is 18.7 Å². The van der Waals surface area contributed by atoms with E-state index in [1.807, 2.05) is 0 Å². The molecule has 0 bridgehead atoms. The highest BCUT2D eigenvalue weighted by atomic mass is 35.7. The quantitative estimate of drug-likeness (QED) is 0.454. The molecule has 1 aromatic carbocycles. The van der Waals surface area contributed by atoms with Crippen LogP contribution in [-0.4, -0.2) is 26.6 Å². The summed E-state index contributed by atoms with van der Waals surface area (Å²) in [5.74, 6) is 0.189. The summed E-state index contributed by atoms with van der Waals surface area (Å²) in [4.78, 5) is 9.42. The molecule has 19 heavy (non-hydrogen) atoms. The smallest absolute Gasteiger partial charge is 0.293 e. The highest BCUT2D eigenvalue weighted by Crippen LogP contribution is 2.38. The molecule has 9 heteroatoms. The van der Waals surface area contributed by atoms with E-state index in [2.05, 4.69) is 0 Å². The van der Waals surface area contributed by atoms with Gasteiger partial charge in [-0.25, -0.2) is 8.42 Å². The third kappa shape index (κ3) is 3.71. The van der Waals surface area contributed by atoms with Gasteiger partial charge in [-0.1, -0.05) is 0 Å². The molecule has 0 radical (unpaired) electrons. The Hall–Kier alpha value is -1.54. The number of hydrogen-bond donors (Lipinski definition) is 0. The summed E-state index contributed by atoms with van der Waals surface area (Å²) in [5.41, 5.74) is -0.651. The molecule has 0 saturated carbocycles. The molecule has 0 fully saturated rings. The zero-order valence-electron chi connectivity index (χ0n) is 10.3. The summed E-state index contributed by atoms with van der Waals surface area (Å²) in [6, 6.07) is 1.98. The molecule has 0 N–H and O–H groups in total. The highest BCUT2D eigenvalue weighted by Gasteiger charge is 2.27. The normalized spacial score (nSPS) is 11.1. The first kappa shape index (κ1) is 15.5. The van der Waals surface area contributed by atoms with Crippen molar-refractivity contribution in [3.63, 3.8) is 0 Å². The summed E-state index contributed by atoms with van der Waals surface area (Å²) in [6.45, 7) is 3.88. The molecule has 0 heterocycles. The van der Waals surface area contributed by atoms with Crippen LogP contribution < -0.4 is 9.47 Å². The average molecular weight is 310 g/mol. The van der Waals surface area contributed by atoms with Crippen molar-refractivity contribution >= 4 is 25.4 Å². The summed E-state index contributed by atoms with van der Waals surface area (Å²) < 4.78 is 33.1. The number of halogens is 1. The number of hydrogen-bond acceptors (Lipinski definition) is 6. The zero-order chi connectivity index (χ0) is 14.6. The lowest BCUT2D eigenvalue weighted by Crippen LogP contribution is -2.04. The number of nitro benzene ring substituents is 1. The molecule has 0 aromatic heterocycles. The van der Waals surface area contributed by atoms with Gasteiger partial charge in [0.2, 0.25) is 0 Å². The van der Waals surface area contributed by atoms with E-state index >= 15 is 0 Å². The van der Waals surface area contributed by atoms with Crippen LogP contribution in [0.15, 0.2) is 17.0 Å². The van der Waals surface area contributed by atoms with Gasteiger partial charge in [-0.2, -0.15) is 0 Å². The standard InChI is InChI=1S/C10H12ClNO6S/c1-3-17-8-5-7(12(13)14)10(19(11,15)16)6-9(8)18-4-2/h5-6H,3-4H2,1-2H3. The number of nitrogens with zero attached hydrogens (tertiary/aromatic N) is 1. The van der Waals surface area contributed by atoms with Gasteiger partial charge in [-0.15, -0.1) is 0 Å². The van der Waals surface area contributed by atoms with E-state index < -0.39 is 24.6 Å². The predicted molar refractivity (Wildman–Crippen MR) is 68.5 cm³/mol. The van der Waals surface area contributed by atoms with Crippen molar-refractivity contribution in [1.29, 1.82) is 0 Å². The van der Waals surface area contributed by atoms with E-state index in [1.165, 1.54) is 0 Å². The largest absolute Gasteiger partial charge is 0.490 e. The van der Waals surface area contributed by atoms with E-state index in [1.54, 1.807) is 13.8 Å². The lowest BCUT2D eigenvalue weighted by atomic mass is 10.3. The minimum absolute atomic E-state index is 0.0918. The van der Waals surface area contributed by atoms with Gasteiger partial charge >= 0.3 is 0 Å². The summed E-state index contributed by atoms with van der Waals surface area (Å²) in [5, 5.41) is 10.9. The molecular formula is C10H12ClNO6S. The maximum atomic E-state index is 11.3. The van der Waals surface area contributed by atoms with Crippen molar-refractivity contribution in [2.75, 3.05) is 13.2 Å². The Labute approximate surface area is 114 Å². The summed E-state index contributed by atoms with van der Waals surface area (Å²) >= 11 is 0. The molecule has 0 aliphatic carbocycles. The second-order valence-electron chi connectivity index (χ2n) is 3.33. The summed E-state index contributed by atoms with van der Waals surface area (Å²) in [6.07, 6.45) is 0. The molecule has 0 unspecified atom stereocenters. The molecule has 1 aromatic rings. The van der Waals surface area contributed by atoms with Crippen LogP contribution in [0, 0.1) is 10.1 Å². The SMILES string of the molecule is CCOc1cc([N+](=O)[O-])c(S(=O)(=O)Cl)cc1OCC. The second kappa shape index (κ2) is 6.07. The van der Waals surface area contributed by atoms with Crippen LogP contribution >= 0.6 is 10.7 Å². The van der Waals surface area contributed by atoms with Crippen molar-refractivity contribution in [3.8, 4) is 11.5 Å². The van der Waals surface area contributed by atoms with Gasteiger partial charge in [0.15, 0.2) is 16.4 Å². The van der Waals surface area contributed by atoms with Crippen molar-refractivity contribution in [2.24, 2.45) is 0 Å². The number of ether oxygens (including phenoxy) is 2. The van der Waals surface area contributed by atoms with Crippen molar-refractivity contribution in [1.82, 2.24) is 0 Å². The van der Waals surface area contributed by atoms with E-state index in [9.17, 15) is 18.5 Å². The lowest BCUT2D eigenvalue weighted by molar-refractivity contribution is -0.387. The third-order valence-electron chi connectivity index (χ3n) is 2.08. The summed E-state index contributed by atoms with van der Waals surface area (Å²) in [7, 11) is 0.925. The Bertz CT molecular complexity index is 586. The Morgan fingerprint density at radius 2 is 1.68 bits per heavy atom. The molecule has 1 rings (SSSR count). The first-order valence-electron chi connectivity index (χ1n) is 5.34. The highest BCUT2D eigenvalue weighted by molar-refractivity contribution is 8.13. The van der Waals surface area contributed by atoms with Gasteiger partial charge in [0, 0.05) is 16.7 Å². The van der Waals surface area contributed by atoms with Gasteiger partial charge in [-0.3, -0.25) is 10.1 Å². The van der Waals surface area contributed by atoms with Crippen LogP contribution in [0.25, 0.3) is 0 Å². The van der Waals surface area contributed by atoms with Crippen LogP contribution in [-0.2, 0) is 9.05 Å². The van der Waals surface area contributed by atoms with Gasteiger partial charge in [0.05, 0.1) is 24.2 Å². The zero-order valence-corrected chi connectivity index (χ0v) is 11.8. The van der Waals surface area contributed by atoms with Crippen molar-refractivity contribution < 1.29 is 22.8 Å². The van der Waals surface area contributed by atoms with Gasteiger partial charge in [0.1, 0.15) is 0 Å². The minimum Gasteiger partial charge on any atom is -0.490 e. The van der Waals surface area contributed by atoms with E-state index in [0.717, 1.165) is 12.1 Å². The number of nitro groups is 1. The lowest BCUT2D eigenvalue weighted by Gasteiger charge is -2.11. The van der Waals surface area contributed by atoms with Crippen molar-refractivity contribution in [3.05, 3.63) is 22.2 Å². The molecule has 0 atom stereocenters. The topological polar surface area (TPSA) is 95.7 Å². The molecule has 106 valence electrons. The van der Waals surface area contributed by atoms with E-state index in [-0.39, 0.29) is 24.7 Å². The maximum Gasteiger partial charge on any atom is 0.293 e. The number of benzene rings is 1. The second-order valence-corrected chi connectivity index (χ2v) is 5.86. The Morgan fingerprint density at radius 1 is 1.21 bits per heavy atom. The molecule has 0 aliphatic rings. The minimum atomic E-state index is -4.26. The van der Waals surface area contributed by atoms with Crippen LogP contribution in [0.4, 0.5) is 5.69 Å². The predicted octanol–water partition coefficient (Wildman–Crippen LogP) is 2.32. The van der Waals surface area contributed by atoms with Gasteiger partial charge in [-0.05, 0) is 13.8 Å². The monoisotopic (exact) mass is 309 g/mol. The fraction of sp³-hybridized carbons (Fsp3) is 0.400. The average Bonchev–Trinajstić information content (AvgIpc) is 2.29. The van der Waals surface area contributed by atoms with Gasteiger partial charge in [0.25, 0.3) is 14.7 Å². The van der Waals surface area contributed by atoms with Crippen LogP contribution in [0.1, 0.15) is 13.8 Å².